The molecule has 0 aromatic rings. The van der Waals surface area contributed by atoms with E-state index >= 15 is 0 Å². The van der Waals surface area contributed by atoms with Crippen LogP contribution in [0.2, 0.25) is 0 Å². The zero-order valence-electron chi connectivity index (χ0n) is 7.68. The van der Waals surface area contributed by atoms with Gasteiger partial charge in [-0.3, -0.25) is 0 Å². The summed E-state index contributed by atoms with van der Waals surface area (Å²) in [6.45, 7) is 9.65. The Morgan fingerprint density at radius 2 is 1.75 bits per heavy atom. The second-order valence-electron chi connectivity index (χ2n) is 4.03. The van der Waals surface area contributed by atoms with Crippen LogP contribution in [0.15, 0.2) is 35.3 Å². The molecule has 0 unspecified atom stereocenters. The highest BCUT2D eigenvalue weighted by atomic mass is 16.3. The maximum Gasteiger partial charge on any atom is 0.161 e. The lowest BCUT2D eigenvalue weighted by molar-refractivity contribution is 0.317. The topological polar surface area (TPSA) is 40.5 Å². The Morgan fingerprint density at radius 3 is 1.92 bits per heavy atom. The molecule has 66 valence electrons. The Morgan fingerprint density at radius 1 is 1.25 bits per heavy atom. The lowest BCUT2D eigenvalue weighted by Crippen LogP contribution is -2.11. The molecule has 0 aromatic carbocycles. The molecule has 0 radical (unpaired) electrons. The minimum absolute atomic E-state index is 0.0347. The van der Waals surface area contributed by atoms with Crippen molar-refractivity contribution >= 4 is 0 Å². The summed E-state index contributed by atoms with van der Waals surface area (Å²) in [5.41, 5.74) is 1.24. The van der Waals surface area contributed by atoms with E-state index in [1.807, 2.05) is 20.8 Å². The lowest BCUT2D eigenvalue weighted by atomic mass is 9.83. The molecule has 0 fully saturated rings. The van der Waals surface area contributed by atoms with Crippen LogP contribution in [0.3, 0.4) is 0 Å². The van der Waals surface area contributed by atoms with Gasteiger partial charge in [0.1, 0.15) is 0 Å². The van der Waals surface area contributed by atoms with E-state index < -0.39 is 0 Å². The fraction of sp³-hybridized carbons (Fsp3) is 0.400. The molecule has 0 aliphatic heterocycles. The van der Waals surface area contributed by atoms with Gasteiger partial charge in [0.05, 0.1) is 0 Å². The number of allylic oxidation sites excluding steroid dienone is 3. The summed E-state index contributed by atoms with van der Waals surface area (Å²) in [6.07, 6.45) is 1.48. The summed E-state index contributed by atoms with van der Waals surface area (Å²) < 4.78 is 0. The van der Waals surface area contributed by atoms with Crippen molar-refractivity contribution < 1.29 is 10.2 Å². The molecule has 1 rings (SSSR count). The maximum atomic E-state index is 9.46. The smallest absolute Gasteiger partial charge is 0.161 e. The fourth-order valence-electron chi connectivity index (χ4n) is 1.42. The number of hydrogen-bond acceptors (Lipinski definition) is 2. The summed E-state index contributed by atoms with van der Waals surface area (Å²) in [5, 5.41) is 18.7. The first-order valence-electron chi connectivity index (χ1n) is 3.88. The normalized spacial score (nSPS) is 18.6. The van der Waals surface area contributed by atoms with Gasteiger partial charge in [-0.2, -0.15) is 0 Å². The van der Waals surface area contributed by atoms with Crippen molar-refractivity contribution in [2.24, 2.45) is 5.41 Å². The van der Waals surface area contributed by atoms with Crippen molar-refractivity contribution in [2.75, 3.05) is 0 Å². The van der Waals surface area contributed by atoms with Crippen LogP contribution in [0.4, 0.5) is 0 Å². The van der Waals surface area contributed by atoms with E-state index in [4.69, 9.17) is 0 Å². The van der Waals surface area contributed by atoms with E-state index in [0.29, 0.717) is 5.57 Å². The fourth-order valence-corrected chi connectivity index (χ4v) is 1.42. The minimum atomic E-state index is -0.178. The first-order valence-corrected chi connectivity index (χ1v) is 3.88. The van der Waals surface area contributed by atoms with Crippen LogP contribution in [0.5, 0.6) is 0 Å². The summed E-state index contributed by atoms with van der Waals surface area (Å²) in [5.74, 6) is -0.113. The van der Waals surface area contributed by atoms with Crippen LogP contribution in [0, 0.1) is 5.41 Å². The van der Waals surface area contributed by atoms with E-state index in [2.05, 4.69) is 6.58 Å². The van der Waals surface area contributed by atoms with E-state index in [-0.39, 0.29) is 16.9 Å². The molecule has 2 nitrogen and oxygen atoms in total. The predicted molar refractivity (Wildman–Crippen MR) is 49.0 cm³/mol. The van der Waals surface area contributed by atoms with Crippen LogP contribution in [-0.2, 0) is 0 Å². The molecule has 0 saturated carbocycles. The van der Waals surface area contributed by atoms with Crippen LogP contribution in [0.1, 0.15) is 20.8 Å². The van der Waals surface area contributed by atoms with Gasteiger partial charge in [-0.15, -0.1) is 0 Å². The third-order valence-corrected chi connectivity index (χ3v) is 1.86. The highest BCUT2D eigenvalue weighted by Crippen LogP contribution is 2.38. The van der Waals surface area contributed by atoms with Crippen molar-refractivity contribution in [3.8, 4) is 0 Å². The molecule has 0 bridgehead atoms. The molecule has 0 saturated heterocycles. The van der Waals surface area contributed by atoms with Gasteiger partial charge in [0.15, 0.2) is 11.5 Å². The molecule has 0 aromatic heterocycles. The standard InChI is InChI=1S/C10H14O2/c1-6-5-7(11)9(12)8(6)10(2,3)4/h5,11-12H,1H2,2-4H3. The summed E-state index contributed by atoms with van der Waals surface area (Å²) in [6, 6.07) is 0. The highest BCUT2D eigenvalue weighted by Gasteiger charge is 2.28. The van der Waals surface area contributed by atoms with Gasteiger partial charge >= 0.3 is 0 Å². The van der Waals surface area contributed by atoms with Crippen LogP contribution >= 0.6 is 0 Å². The Kier molecular flexibility index (Phi) is 1.79. The molecule has 0 amide bonds. The first-order chi connectivity index (χ1) is 5.34. The zero-order valence-corrected chi connectivity index (χ0v) is 7.68. The van der Waals surface area contributed by atoms with E-state index in [1.165, 1.54) is 6.08 Å². The molecule has 0 heterocycles. The van der Waals surface area contributed by atoms with Crippen molar-refractivity contribution in [1.82, 2.24) is 0 Å². The molecule has 12 heavy (non-hydrogen) atoms. The summed E-state index contributed by atoms with van der Waals surface area (Å²) in [4.78, 5) is 0. The van der Waals surface area contributed by atoms with Crippen LogP contribution in [-0.4, -0.2) is 10.2 Å². The highest BCUT2D eigenvalue weighted by molar-refractivity contribution is 5.54. The van der Waals surface area contributed by atoms with Gasteiger partial charge in [-0.25, -0.2) is 0 Å². The second kappa shape index (κ2) is 2.41. The van der Waals surface area contributed by atoms with Gasteiger partial charge < -0.3 is 10.2 Å². The summed E-state index contributed by atoms with van der Waals surface area (Å²) in [7, 11) is 0. The average molecular weight is 166 g/mol. The molecule has 2 heteroatoms. The molecular weight excluding hydrogens is 152 g/mol. The molecule has 2 N–H and O–H groups in total. The van der Waals surface area contributed by atoms with Gasteiger partial charge in [0, 0.05) is 5.57 Å². The molecule has 1 aliphatic rings. The van der Waals surface area contributed by atoms with Crippen LogP contribution < -0.4 is 0 Å². The predicted octanol–water partition coefficient (Wildman–Crippen LogP) is 2.86. The van der Waals surface area contributed by atoms with Crippen molar-refractivity contribution in [1.29, 1.82) is 0 Å². The van der Waals surface area contributed by atoms with Crippen molar-refractivity contribution in [3.05, 3.63) is 35.3 Å². The lowest BCUT2D eigenvalue weighted by Gasteiger charge is -2.21. The quantitative estimate of drug-likeness (QED) is 0.581. The van der Waals surface area contributed by atoms with E-state index in [9.17, 15) is 10.2 Å². The maximum absolute atomic E-state index is 9.46. The Labute approximate surface area is 72.5 Å². The van der Waals surface area contributed by atoms with Crippen molar-refractivity contribution in [3.63, 3.8) is 0 Å². The monoisotopic (exact) mass is 166 g/mol. The number of rotatable bonds is 0. The number of hydrogen-bond donors (Lipinski definition) is 2. The molecule has 1 aliphatic carbocycles. The zero-order chi connectivity index (χ0) is 9.52. The van der Waals surface area contributed by atoms with Gasteiger partial charge in [0.25, 0.3) is 0 Å². The molecule has 0 spiro atoms. The largest absolute Gasteiger partial charge is 0.504 e. The number of aliphatic hydroxyl groups excluding tert-OH is 2. The minimum Gasteiger partial charge on any atom is -0.504 e. The average Bonchev–Trinajstić information content (AvgIpc) is 2.05. The van der Waals surface area contributed by atoms with Gasteiger partial charge in [-0.05, 0) is 17.1 Å². The van der Waals surface area contributed by atoms with E-state index in [1.54, 1.807) is 0 Å². The second-order valence-corrected chi connectivity index (χ2v) is 4.03. The SMILES string of the molecule is C=C1C=C(O)C(O)=C1C(C)(C)C. The summed E-state index contributed by atoms with van der Waals surface area (Å²) >= 11 is 0. The van der Waals surface area contributed by atoms with Gasteiger partial charge in [0.2, 0.25) is 0 Å². The van der Waals surface area contributed by atoms with Crippen LogP contribution in [0.25, 0.3) is 0 Å². The Balaban J connectivity index is 3.18. The van der Waals surface area contributed by atoms with E-state index in [0.717, 1.165) is 5.57 Å². The Hall–Kier alpha value is -1.18. The third kappa shape index (κ3) is 1.24. The molecular formula is C10H14O2. The Bertz CT molecular complexity index is 287. The van der Waals surface area contributed by atoms with Gasteiger partial charge in [-0.1, -0.05) is 27.4 Å². The number of aliphatic hydroxyl groups is 2. The first kappa shape index (κ1) is 8.91. The molecule has 0 atom stereocenters. The van der Waals surface area contributed by atoms with Crippen molar-refractivity contribution in [2.45, 2.75) is 20.8 Å². The third-order valence-electron chi connectivity index (χ3n) is 1.86.